The second-order valence-electron chi connectivity index (χ2n) is 25.9. The first-order valence-electron chi connectivity index (χ1n) is 27.0. The van der Waals surface area contributed by atoms with Crippen LogP contribution in [0.3, 0.4) is 0 Å². The Hall–Kier alpha value is -1.55. The fraction of sp³-hybridized carbons (Fsp3) is 0.943. The molecule has 4 heterocycles. The maximum Gasteiger partial charge on any atom is 0.317 e. The van der Waals surface area contributed by atoms with E-state index in [9.17, 15) is 61.3 Å². The van der Waals surface area contributed by atoms with E-state index in [4.69, 9.17) is 37.9 Å². The third-order valence-electron chi connectivity index (χ3n) is 21.0. The van der Waals surface area contributed by atoms with Crippen LogP contribution in [0.1, 0.15) is 120 Å². The Balaban J connectivity index is 0.970. The van der Waals surface area contributed by atoms with Crippen molar-refractivity contribution in [1.82, 2.24) is 0 Å². The van der Waals surface area contributed by atoms with Gasteiger partial charge in [-0.3, -0.25) is 4.79 Å². The minimum Gasteiger partial charge on any atom is -0.432 e. The van der Waals surface area contributed by atoms with Gasteiger partial charge in [-0.1, -0.05) is 60.1 Å². The van der Waals surface area contributed by atoms with E-state index in [0.717, 1.165) is 24.8 Å². The van der Waals surface area contributed by atoms with Crippen LogP contribution in [0.25, 0.3) is 0 Å². The third-order valence-corrected chi connectivity index (χ3v) is 21.0. The topological polar surface area (TPSA) is 334 Å². The van der Waals surface area contributed by atoms with Gasteiger partial charge in [0.2, 0.25) is 6.29 Å². The van der Waals surface area contributed by atoms with Gasteiger partial charge in [0, 0.05) is 0 Å². The molecule has 9 aliphatic rings. The van der Waals surface area contributed by atoms with Gasteiger partial charge in [0.1, 0.15) is 78.7 Å². The molecule has 0 spiro atoms. The van der Waals surface area contributed by atoms with Crippen LogP contribution in [0.4, 0.5) is 0 Å². The summed E-state index contributed by atoms with van der Waals surface area (Å²) in [5.41, 5.74) is -2.24. The van der Waals surface area contributed by atoms with Gasteiger partial charge in [0.25, 0.3) is 0 Å². The van der Waals surface area contributed by atoms with E-state index in [-0.39, 0.29) is 34.5 Å². The molecule has 4 saturated carbocycles. The fourth-order valence-electron chi connectivity index (χ4n) is 16.2. The van der Waals surface area contributed by atoms with Crippen LogP contribution < -0.4 is 0 Å². The summed E-state index contributed by atoms with van der Waals surface area (Å²) in [6.07, 6.45) is -22.2. The normalized spacial score (nSPS) is 55.1. The highest BCUT2D eigenvalue weighted by Crippen LogP contribution is 2.76. The highest BCUT2D eigenvalue weighted by atomic mass is 16.8. The fourth-order valence-corrected chi connectivity index (χ4v) is 16.2. The van der Waals surface area contributed by atoms with Crippen LogP contribution in [0, 0.1) is 50.2 Å². The summed E-state index contributed by atoms with van der Waals surface area (Å²) in [6, 6.07) is 0. The largest absolute Gasteiger partial charge is 0.432 e. The zero-order valence-corrected chi connectivity index (χ0v) is 44.3. The van der Waals surface area contributed by atoms with Crippen LogP contribution in [0.15, 0.2) is 11.6 Å². The molecule has 424 valence electrons. The smallest absolute Gasteiger partial charge is 0.317 e. The van der Waals surface area contributed by atoms with Crippen LogP contribution in [0.2, 0.25) is 0 Å². The van der Waals surface area contributed by atoms with Gasteiger partial charge >= 0.3 is 5.97 Å². The average molecular weight is 1060 g/mol. The number of fused-ring (bicyclic) bond motifs is 7. The van der Waals surface area contributed by atoms with Crippen molar-refractivity contribution in [3.8, 4) is 0 Å². The lowest BCUT2D eigenvalue weighted by molar-refractivity contribution is -0.376. The molecule has 3 unspecified atom stereocenters. The number of carbonyl (C=O) groups is 1. The summed E-state index contributed by atoms with van der Waals surface area (Å²) >= 11 is 0. The molecule has 4 aliphatic heterocycles. The van der Waals surface area contributed by atoms with Gasteiger partial charge in [0.05, 0.1) is 37.6 Å². The van der Waals surface area contributed by atoms with E-state index in [0.29, 0.717) is 32.1 Å². The molecule has 0 radical (unpaired) electrons. The molecule has 0 bridgehead atoms. The number of ether oxygens (including phenoxy) is 8. The van der Waals surface area contributed by atoms with Gasteiger partial charge in [-0.15, -0.1) is 0 Å². The standard InChI is InChI=1S/C53H86O21/c1-22-32(57)36(61)39(64)43(68-22)72-41-34(59)26(55)21-67-45(41)74-47(66)53-17-16-48(3,4)18-25(53)24-10-11-29-50(7)14-13-31(49(5,6)28(50)12-15-51(29,8)52(24,9)19-30(53)56)71-46-42(38(63)35(60)27(20-54)70-46)73-44-40(65)37(62)33(58)23(2)69-44/h10,22-23,25-46,54-65H,11-21H2,1-9H3/t22-,23-,25?,26-,27+,28?,29?,30+,31-,32-,33-,34-,35+,36+,37+,38-,39+,40+,41+,42+,43-,44-,45-,46-,50-,51+,52+,53+/m0/s1. The lowest BCUT2D eigenvalue weighted by Gasteiger charge is -2.71. The third kappa shape index (κ3) is 8.99. The van der Waals surface area contributed by atoms with Crippen LogP contribution in [0.5, 0.6) is 0 Å². The van der Waals surface area contributed by atoms with Crippen molar-refractivity contribution in [2.75, 3.05) is 13.2 Å². The van der Waals surface area contributed by atoms with E-state index in [2.05, 4.69) is 54.5 Å². The monoisotopic (exact) mass is 1060 g/mol. The molecule has 5 aliphatic carbocycles. The first-order chi connectivity index (χ1) is 34.5. The van der Waals surface area contributed by atoms with Crippen LogP contribution in [-0.4, -0.2) is 209 Å². The Morgan fingerprint density at radius 1 is 0.622 bits per heavy atom. The Morgan fingerprint density at radius 3 is 1.81 bits per heavy atom. The quantitative estimate of drug-likeness (QED) is 0.0796. The summed E-state index contributed by atoms with van der Waals surface area (Å²) in [5, 5.41) is 131. The summed E-state index contributed by atoms with van der Waals surface area (Å²) in [6.45, 7) is 17.5. The highest BCUT2D eigenvalue weighted by molar-refractivity contribution is 5.80. The van der Waals surface area contributed by atoms with Crippen molar-refractivity contribution in [3.63, 3.8) is 0 Å². The molecular weight excluding hydrogens is 973 g/mol. The summed E-state index contributed by atoms with van der Waals surface area (Å²) in [4.78, 5) is 15.2. The lowest BCUT2D eigenvalue weighted by Crippen LogP contribution is -2.68. The molecule has 21 heteroatoms. The molecule has 0 aromatic carbocycles. The number of aliphatic hydroxyl groups excluding tert-OH is 12. The predicted molar refractivity (Wildman–Crippen MR) is 255 cm³/mol. The first-order valence-corrected chi connectivity index (χ1v) is 27.0. The van der Waals surface area contributed by atoms with Gasteiger partial charge in [-0.25, -0.2) is 0 Å². The van der Waals surface area contributed by atoms with E-state index in [1.54, 1.807) is 0 Å². The van der Waals surface area contributed by atoms with Crippen molar-refractivity contribution in [3.05, 3.63) is 11.6 Å². The SMILES string of the molecule is C[C@@H]1O[C@@H](O[C@H]2[C@H](OC(=O)[C@]34CCC(C)(C)CC3C3=CCC5[C@@]6(C)CC[C@H](O[C@@H]7O[C@H](CO)[C@@H](O)[C@H](O)[C@H]7O[C@@H]7O[C@@H](C)[C@H](O)[C@@H](O)[C@H]7O)C(C)(C)C6CC[C@@]5(C)[C@]3(C)C[C@H]4O)OC[C@H](O)[C@@H]2O)[C@H](O)[C@H](O)[C@H]1O. The number of carbonyl (C=O) groups excluding carboxylic acids is 1. The molecule has 8 fully saturated rings. The number of allylic oxidation sites excluding steroid dienone is 2. The van der Waals surface area contributed by atoms with Crippen molar-refractivity contribution < 1.29 is 104 Å². The zero-order chi connectivity index (χ0) is 54.2. The van der Waals surface area contributed by atoms with Gasteiger partial charge in [0.15, 0.2) is 25.0 Å². The Labute approximate surface area is 433 Å². The number of aliphatic hydroxyl groups is 12. The second kappa shape index (κ2) is 20.2. The molecule has 28 atom stereocenters. The molecule has 21 nitrogen and oxygen atoms in total. The number of hydrogen-bond donors (Lipinski definition) is 12. The lowest BCUT2D eigenvalue weighted by atomic mass is 9.33. The Bertz CT molecular complexity index is 2060. The summed E-state index contributed by atoms with van der Waals surface area (Å²) in [7, 11) is 0. The Morgan fingerprint density at radius 2 is 1.22 bits per heavy atom. The molecule has 74 heavy (non-hydrogen) atoms. The number of esters is 1. The Kier molecular flexibility index (Phi) is 15.6. The van der Waals surface area contributed by atoms with Crippen molar-refractivity contribution in [2.45, 2.75) is 249 Å². The maximum absolute atomic E-state index is 15.2. The van der Waals surface area contributed by atoms with E-state index >= 15 is 4.79 Å². The van der Waals surface area contributed by atoms with E-state index in [1.807, 2.05) is 0 Å². The molecule has 0 amide bonds. The molecular formula is C53H86O21. The zero-order valence-electron chi connectivity index (χ0n) is 44.3. The minimum absolute atomic E-state index is 0.0888. The summed E-state index contributed by atoms with van der Waals surface area (Å²) in [5.74, 6) is -0.970. The molecule has 0 aromatic rings. The van der Waals surface area contributed by atoms with E-state index < -0.39 is 170 Å². The number of hydrogen-bond acceptors (Lipinski definition) is 21. The van der Waals surface area contributed by atoms with Crippen LogP contribution >= 0.6 is 0 Å². The van der Waals surface area contributed by atoms with Crippen molar-refractivity contribution in [1.29, 1.82) is 0 Å². The molecule has 12 N–H and O–H groups in total. The van der Waals surface area contributed by atoms with Crippen molar-refractivity contribution >= 4 is 5.97 Å². The average Bonchev–Trinajstić information content (AvgIpc) is 3.34. The van der Waals surface area contributed by atoms with Gasteiger partial charge in [-0.2, -0.15) is 0 Å². The predicted octanol–water partition coefficient (Wildman–Crippen LogP) is -0.370. The van der Waals surface area contributed by atoms with Gasteiger partial charge in [-0.05, 0) is 116 Å². The molecule has 4 saturated heterocycles. The number of rotatable bonds is 9. The summed E-state index contributed by atoms with van der Waals surface area (Å²) < 4.78 is 48.4. The second-order valence-corrected chi connectivity index (χ2v) is 25.9. The maximum atomic E-state index is 15.2. The molecule has 0 aromatic heterocycles. The molecule has 9 rings (SSSR count). The highest BCUT2D eigenvalue weighted by Gasteiger charge is 2.72. The van der Waals surface area contributed by atoms with Crippen molar-refractivity contribution in [2.24, 2.45) is 50.2 Å². The van der Waals surface area contributed by atoms with E-state index in [1.165, 1.54) is 13.8 Å². The first kappa shape index (κ1) is 57.1. The van der Waals surface area contributed by atoms with Gasteiger partial charge < -0.3 is 99.2 Å². The minimum atomic E-state index is -1.76. The van der Waals surface area contributed by atoms with Crippen LogP contribution in [-0.2, 0) is 42.7 Å².